The van der Waals surface area contributed by atoms with Crippen LogP contribution in [0.2, 0.25) is 0 Å². The summed E-state index contributed by atoms with van der Waals surface area (Å²) in [5.41, 5.74) is 0. The summed E-state index contributed by atoms with van der Waals surface area (Å²) in [4.78, 5) is 37.1. The van der Waals surface area contributed by atoms with Crippen LogP contribution in [0.25, 0.3) is 0 Å². The van der Waals surface area contributed by atoms with Crippen molar-refractivity contribution in [2.45, 2.75) is 283 Å². The van der Waals surface area contributed by atoms with Crippen LogP contribution < -0.4 is 5.11 Å². The maximum Gasteiger partial charge on any atom is 0.306 e. The van der Waals surface area contributed by atoms with Crippen molar-refractivity contribution < 1.29 is 38.2 Å². The van der Waals surface area contributed by atoms with E-state index in [-0.39, 0.29) is 42.7 Å². The molecule has 0 saturated carbocycles. The molecular formula is C55H105NO7. The topological polar surface area (TPSA) is 102 Å². The number of aliphatic carboxylic acids is 1. The highest BCUT2D eigenvalue weighted by Gasteiger charge is 2.25. The standard InChI is InChI=1S/C55H105NO7/c1-6-8-10-12-14-16-18-20-22-24-26-27-28-30-32-34-36-38-40-42-44-46-54(58)63-51(49-61-48-47-52(55(59)60)56(3,4)5)50-62-53(57)45-43-41-39-37-35-33-31-29-25-23-21-19-17-15-13-11-9-7-2/h29,31,51-52H,6-28,30,32-50H2,1-5H3/b31-29+. The van der Waals surface area contributed by atoms with Crippen molar-refractivity contribution in [3.8, 4) is 0 Å². The largest absolute Gasteiger partial charge is 0.544 e. The zero-order chi connectivity index (χ0) is 46.3. The van der Waals surface area contributed by atoms with Crippen LogP contribution in [-0.2, 0) is 28.6 Å². The predicted octanol–water partition coefficient (Wildman–Crippen LogP) is 14.5. The first kappa shape index (κ1) is 61.1. The van der Waals surface area contributed by atoms with E-state index >= 15 is 0 Å². The van der Waals surface area contributed by atoms with E-state index < -0.39 is 18.1 Å². The van der Waals surface area contributed by atoms with Gasteiger partial charge in [0.05, 0.1) is 40.3 Å². The van der Waals surface area contributed by atoms with Crippen LogP contribution in [0.15, 0.2) is 12.2 Å². The van der Waals surface area contributed by atoms with E-state index in [2.05, 4.69) is 26.0 Å². The van der Waals surface area contributed by atoms with E-state index in [4.69, 9.17) is 14.2 Å². The molecule has 0 rings (SSSR count). The first-order valence-corrected chi connectivity index (χ1v) is 27.2. The number of esters is 2. The molecule has 0 aromatic carbocycles. The highest BCUT2D eigenvalue weighted by molar-refractivity contribution is 5.70. The van der Waals surface area contributed by atoms with E-state index in [1.165, 1.54) is 193 Å². The van der Waals surface area contributed by atoms with Crippen LogP contribution in [0.1, 0.15) is 271 Å². The molecule has 2 unspecified atom stereocenters. The maximum atomic E-state index is 12.8. The van der Waals surface area contributed by atoms with Crippen molar-refractivity contribution in [1.29, 1.82) is 0 Å². The number of hydrogen-bond donors (Lipinski definition) is 0. The molecule has 0 saturated heterocycles. The summed E-state index contributed by atoms with van der Waals surface area (Å²) in [6.07, 6.45) is 52.5. The highest BCUT2D eigenvalue weighted by Crippen LogP contribution is 2.17. The van der Waals surface area contributed by atoms with Gasteiger partial charge < -0.3 is 28.6 Å². The molecule has 0 bridgehead atoms. The number of likely N-dealkylation sites (N-methyl/N-ethyl adjacent to an activating group) is 1. The fourth-order valence-corrected chi connectivity index (χ4v) is 8.42. The molecule has 0 heterocycles. The molecule has 0 aliphatic carbocycles. The smallest absolute Gasteiger partial charge is 0.306 e. The van der Waals surface area contributed by atoms with Gasteiger partial charge in [0, 0.05) is 19.3 Å². The molecular weight excluding hydrogens is 787 g/mol. The highest BCUT2D eigenvalue weighted by atomic mass is 16.6. The second-order valence-corrected chi connectivity index (χ2v) is 19.8. The SMILES string of the molecule is CCCCCCCCCCC/C=C/CCCCCCCC(=O)OCC(COCCC(C(=O)[O-])[N+](C)(C)C)OC(=O)CCCCCCCCCCCCCCCCCCCCCCC. The summed E-state index contributed by atoms with van der Waals surface area (Å²) in [5, 5.41) is 11.7. The Labute approximate surface area is 390 Å². The van der Waals surface area contributed by atoms with Crippen molar-refractivity contribution in [1.82, 2.24) is 0 Å². The number of hydrogen-bond acceptors (Lipinski definition) is 7. The van der Waals surface area contributed by atoms with Gasteiger partial charge in [0.2, 0.25) is 0 Å². The number of carboxylic acids is 1. The van der Waals surface area contributed by atoms with Crippen molar-refractivity contribution in [3.05, 3.63) is 12.2 Å². The summed E-state index contributed by atoms with van der Waals surface area (Å²) < 4.78 is 17.3. The Morgan fingerprint density at radius 3 is 1.14 bits per heavy atom. The van der Waals surface area contributed by atoms with Gasteiger partial charge in [-0.3, -0.25) is 9.59 Å². The minimum absolute atomic E-state index is 0.0445. The molecule has 0 aliphatic rings. The van der Waals surface area contributed by atoms with E-state index in [0.717, 1.165) is 44.9 Å². The molecule has 0 N–H and O–H groups in total. The van der Waals surface area contributed by atoms with Crippen LogP contribution in [0.5, 0.6) is 0 Å². The quantitative estimate of drug-likeness (QED) is 0.0259. The molecule has 0 radical (unpaired) electrons. The van der Waals surface area contributed by atoms with Gasteiger partial charge in [0.25, 0.3) is 0 Å². The molecule has 0 aromatic rings. The van der Waals surface area contributed by atoms with Gasteiger partial charge in [-0.15, -0.1) is 0 Å². The number of quaternary nitrogens is 1. The van der Waals surface area contributed by atoms with Crippen LogP contribution in [0.3, 0.4) is 0 Å². The lowest BCUT2D eigenvalue weighted by Crippen LogP contribution is -2.55. The summed E-state index contributed by atoms with van der Waals surface area (Å²) >= 11 is 0. The molecule has 0 aromatic heterocycles. The third kappa shape index (κ3) is 45.0. The minimum atomic E-state index is -1.12. The summed E-state index contributed by atoms with van der Waals surface area (Å²) in [6, 6.07) is -0.723. The molecule has 63 heavy (non-hydrogen) atoms. The number of unbranched alkanes of at least 4 members (excludes halogenated alkanes) is 34. The van der Waals surface area contributed by atoms with Crippen molar-refractivity contribution >= 4 is 17.9 Å². The fraction of sp³-hybridized carbons (Fsp3) is 0.909. The Morgan fingerprint density at radius 2 is 0.794 bits per heavy atom. The van der Waals surface area contributed by atoms with Crippen molar-refractivity contribution in [2.24, 2.45) is 0 Å². The van der Waals surface area contributed by atoms with Gasteiger partial charge in [-0.05, 0) is 38.5 Å². The molecule has 2 atom stereocenters. The number of allylic oxidation sites excluding steroid dienone is 2. The number of carboxylic acid groups (broad SMARTS) is 1. The second kappa shape index (κ2) is 46.6. The van der Waals surface area contributed by atoms with Crippen LogP contribution in [-0.4, -0.2) is 75.5 Å². The lowest BCUT2D eigenvalue weighted by atomic mass is 10.0. The summed E-state index contributed by atoms with van der Waals surface area (Å²) in [6.45, 7) is 4.71. The summed E-state index contributed by atoms with van der Waals surface area (Å²) in [7, 11) is 5.43. The third-order valence-corrected chi connectivity index (χ3v) is 12.7. The zero-order valence-electron chi connectivity index (χ0n) is 42.5. The average Bonchev–Trinajstić information content (AvgIpc) is 3.24. The molecule has 8 heteroatoms. The van der Waals surface area contributed by atoms with E-state index in [9.17, 15) is 19.5 Å². The first-order chi connectivity index (χ1) is 30.6. The predicted molar refractivity (Wildman–Crippen MR) is 264 cm³/mol. The van der Waals surface area contributed by atoms with Gasteiger partial charge >= 0.3 is 11.9 Å². The van der Waals surface area contributed by atoms with E-state index in [0.29, 0.717) is 12.8 Å². The van der Waals surface area contributed by atoms with Crippen molar-refractivity contribution in [3.63, 3.8) is 0 Å². The molecule has 0 aliphatic heterocycles. The maximum absolute atomic E-state index is 12.8. The fourth-order valence-electron chi connectivity index (χ4n) is 8.42. The molecule has 372 valence electrons. The van der Waals surface area contributed by atoms with Gasteiger partial charge in [-0.2, -0.15) is 0 Å². The first-order valence-electron chi connectivity index (χ1n) is 27.2. The average molecular weight is 892 g/mol. The Hall–Kier alpha value is -1.93. The van der Waals surface area contributed by atoms with Gasteiger partial charge in [0.15, 0.2) is 6.10 Å². The monoisotopic (exact) mass is 892 g/mol. The lowest BCUT2D eigenvalue weighted by Gasteiger charge is -2.34. The normalized spacial score (nSPS) is 12.8. The Balaban J connectivity index is 4.18. The zero-order valence-corrected chi connectivity index (χ0v) is 42.5. The van der Waals surface area contributed by atoms with Crippen LogP contribution in [0, 0.1) is 0 Å². The Kier molecular flexibility index (Phi) is 45.2. The number of carbonyl (C=O) groups excluding carboxylic acids is 3. The van der Waals surface area contributed by atoms with Gasteiger partial charge in [0.1, 0.15) is 12.6 Å². The van der Waals surface area contributed by atoms with Gasteiger partial charge in [-0.25, -0.2) is 0 Å². The van der Waals surface area contributed by atoms with E-state index in [1.54, 1.807) is 0 Å². The van der Waals surface area contributed by atoms with Crippen LogP contribution >= 0.6 is 0 Å². The van der Waals surface area contributed by atoms with E-state index in [1.807, 2.05) is 21.1 Å². The molecule has 8 nitrogen and oxygen atoms in total. The number of rotatable bonds is 50. The summed E-state index contributed by atoms with van der Waals surface area (Å²) in [5.74, 6) is -1.72. The third-order valence-electron chi connectivity index (χ3n) is 12.7. The van der Waals surface area contributed by atoms with Crippen molar-refractivity contribution in [2.75, 3.05) is 41.0 Å². The molecule has 0 spiro atoms. The van der Waals surface area contributed by atoms with Crippen LogP contribution in [0.4, 0.5) is 0 Å². The lowest BCUT2D eigenvalue weighted by molar-refractivity contribution is -0.889. The van der Waals surface area contributed by atoms with Gasteiger partial charge in [-0.1, -0.05) is 225 Å². The Morgan fingerprint density at radius 1 is 0.460 bits per heavy atom. The molecule has 0 amide bonds. The number of nitrogens with zero attached hydrogens (tertiary/aromatic N) is 1. The Bertz CT molecular complexity index is 1040. The number of ether oxygens (including phenoxy) is 3. The minimum Gasteiger partial charge on any atom is -0.544 e. The number of carbonyl (C=O) groups is 3. The second-order valence-electron chi connectivity index (χ2n) is 19.8. The molecule has 0 fully saturated rings.